The lowest BCUT2D eigenvalue weighted by atomic mass is 9.85. The van der Waals surface area contributed by atoms with Gasteiger partial charge >= 0.3 is 6.03 Å². The first kappa shape index (κ1) is 15.4. The number of carbonyl (C=O) groups excluding carboxylic acids is 1. The van der Waals surface area contributed by atoms with Crippen LogP contribution in [0, 0.1) is 5.92 Å². The van der Waals surface area contributed by atoms with E-state index < -0.39 is 10.8 Å². The van der Waals surface area contributed by atoms with Gasteiger partial charge in [0.25, 0.3) is 0 Å². The Kier molecular flexibility index (Phi) is 6.63. The average molecular weight is 276 g/mol. The van der Waals surface area contributed by atoms with Crippen LogP contribution in [0.15, 0.2) is 0 Å². The van der Waals surface area contributed by atoms with Gasteiger partial charge in [0, 0.05) is 47.4 Å². The van der Waals surface area contributed by atoms with E-state index in [-0.39, 0.29) is 29.8 Å². The van der Waals surface area contributed by atoms with Gasteiger partial charge in [-0.3, -0.25) is 4.21 Å². The fourth-order valence-corrected chi connectivity index (χ4v) is 2.51. The van der Waals surface area contributed by atoms with E-state index in [2.05, 4.69) is 10.6 Å². The zero-order chi connectivity index (χ0) is 13.5. The van der Waals surface area contributed by atoms with Gasteiger partial charge in [0.2, 0.25) is 0 Å². The van der Waals surface area contributed by atoms with Crippen LogP contribution in [-0.4, -0.2) is 46.0 Å². The largest absolute Gasteiger partial charge is 0.396 e. The third-order valence-corrected chi connectivity index (χ3v) is 4.88. The second-order valence-corrected chi connectivity index (χ2v) is 6.80. The van der Waals surface area contributed by atoms with Crippen molar-refractivity contribution in [3.8, 4) is 0 Å². The third kappa shape index (κ3) is 4.94. The molecule has 1 aliphatic carbocycles. The lowest BCUT2D eigenvalue weighted by Gasteiger charge is -2.30. The number of urea groups is 1. The zero-order valence-corrected chi connectivity index (χ0v) is 12.0. The summed E-state index contributed by atoms with van der Waals surface area (Å²) in [5.74, 6) is 0.169. The van der Waals surface area contributed by atoms with Gasteiger partial charge in [-0.05, 0) is 19.8 Å². The molecule has 4 unspecified atom stereocenters. The first-order valence-corrected chi connectivity index (χ1v) is 8.14. The molecule has 0 radical (unpaired) electrons. The summed E-state index contributed by atoms with van der Waals surface area (Å²) in [6.07, 6.45) is 5.74. The molecule has 18 heavy (non-hydrogen) atoms. The van der Waals surface area contributed by atoms with E-state index in [1.54, 1.807) is 6.26 Å². The lowest BCUT2D eigenvalue weighted by Crippen LogP contribution is -2.49. The predicted octanol–water partition coefficient (Wildman–Crippen LogP) is 0.604. The second kappa shape index (κ2) is 7.74. The molecule has 1 rings (SSSR count). The number of amides is 2. The van der Waals surface area contributed by atoms with Gasteiger partial charge in [-0.2, -0.15) is 0 Å². The minimum atomic E-state index is -0.925. The smallest absolute Gasteiger partial charge is 0.315 e. The van der Waals surface area contributed by atoms with Gasteiger partial charge in [0.15, 0.2) is 0 Å². The molecular formula is C12H24N2O3S. The molecule has 6 heteroatoms. The van der Waals surface area contributed by atoms with Crippen molar-refractivity contribution in [1.29, 1.82) is 0 Å². The third-order valence-electron chi connectivity index (χ3n) is 3.58. The second-order valence-electron chi connectivity index (χ2n) is 5.00. The molecule has 0 aromatic rings. The highest BCUT2D eigenvalue weighted by molar-refractivity contribution is 7.84. The Bertz CT molecular complexity index is 299. The van der Waals surface area contributed by atoms with Crippen LogP contribution in [0.1, 0.15) is 32.6 Å². The van der Waals surface area contributed by atoms with Crippen LogP contribution in [0.3, 0.4) is 0 Å². The maximum absolute atomic E-state index is 11.7. The Morgan fingerprint density at radius 1 is 1.44 bits per heavy atom. The molecule has 3 N–H and O–H groups in total. The molecule has 5 nitrogen and oxygen atoms in total. The van der Waals surface area contributed by atoms with Crippen LogP contribution in [0.4, 0.5) is 4.79 Å². The molecule has 0 aromatic heterocycles. The minimum Gasteiger partial charge on any atom is -0.396 e. The first-order chi connectivity index (χ1) is 8.54. The van der Waals surface area contributed by atoms with Crippen LogP contribution in [0.5, 0.6) is 0 Å². The predicted molar refractivity (Wildman–Crippen MR) is 72.9 cm³/mol. The quantitative estimate of drug-likeness (QED) is 0.688. The lowest BCUT2D eigenvalue weighted by molar-refractivity contribution is 0.154. The summed E-state index contributed by atoms with van der Waals surface area (Å²) in [4.78, 5) is 11.7. The van der Waals surface area contributed by atoms with Gasteiger partial charge in [0.05, 0.1) is 0 Å². The Labute approximate surface area is 111 Å². The molecule has 4 atom stereocenters. The van der Waals surface area contributed by atoms with Crippen molar-refractivity contribution >= 4 is 16.8 Å². The molecule has 0 aromatic carbocycles. The topological polar surface area (TPSA) is 78.4 Å². The van der Waals surface area contributed by atoms with E-state index >= 15 is 0 Å². The summed E-state index contributed by atoms with van der Waals surface area (Å²) in [6.45, 7) is 2.37. The molecular weight excluding hydrogens is 252 g/mol. The van der Waals surface area contributed by atoms with Crippen LogP contribution in [0.25, 0.3) is 0 Å². The van der Waals surface area contributed by atoms with Crippen molar-refractivity contribution in [3.63, 3.8) is 0 Å². The molecule has 0 saturated heterocycles. The maximum atomic E-state index is 11.7. The van der Waals surface area contributed by atoms with E-state index in [0.29, 0.717) is 6.54 Å². The van der Waals surface area contributed by atoms with Crippen molar-refractivity contribution < 1.29 is 14.1 Å². The Balaban J connectivity index is 2.32. The summed E-state index contributed by atoms with van der Waals surface area (Å²) in [7, 11) is -0.925. The van der Waals surface area contributed by atoms with E-state index in [1.807, 2.05) is 6.92 Å². The Morgan fingerprint density at radius 3 is 2.72 bits per heavy atom. The highest BCUT2D eigenvalue weighted by Gasteiger charge is 2.25. The van der Waals surface area contributed by atoms with Crippen molar-refractivity contribution in [3.05, 3.63) is 0 Å². The Morgan fingerprint density at radius 2 is 2.11 bits per heavy atom. The van der Waals surface area contributed by atoms with Gasteiger partial charge in [-0.15, -0.1) is 0 Å². The summed E-state index contributed by atoms with van der Waals surface area (Å²) < 4.78 is 11.2. The molecule has 1 saturated carbocycles. The molecule has 1 aliphatic rings. The van der Waals surface area contributed by atoms with Gasteiger partial charge in [0.1, 0.15) is 0 Å². The number of hydrogen-bond donors (Lipinski definition) is 3. The van der Waals surface area contributed by atoms with Gasteiger partial charge in [-0.1, -0.05) is 12.8 Å². The normalized spacial score (nSPS) is 27.3. The summed E-state index contributed by atoms with van der Waals surface area (Å²) in [6, 6.07) is -0.163. The highest BCUT2D eigenvalue weighted by Crippen LogP contribution is 2.23. The van der Waals surface area contributed by atoms with Crippen LogP contribution in [0.2, 0.25) is 0 Å². The van der Waals surface area contributed by atoms with Crippen molar-refractivity contribution in [2.45, 2.75) is 43.9 Å². The molecule has 0 aliphatic heterocycles. The van der Waals surface area contributed by atoms with Gasteiger partial charge < -0.3 is 15.7 Å². The number of hydrogen-bond acceptors (Lipinski definition) is 3. The minimum absolute atomic E-state index is 0.0456. The first-order valence-electron chi connectivity index (χ1n) is 6.52. The molecule has 0 spiro atoms. The van der Waals surface area contributed by atoms with Crippen molar-refractivity contribution in [2.24, 2.45) is 5.92 Å². The fraction of sp³-hybridized carbons (Fsp3) is 0.917. The van der Waals surface area contributed by atoms with Crippen molar-refractivity contribution in [1.82, 2.24) is 10.6 Å². The number of nitrogens with one attached hydrogen (secondary N) is 2. The van der Waals surface area contributed by atoms with Gasteiger partial charge in [-0.25, -0.2) is 4.79 Å². The number of carbonyl (C=O) groups is 1. The number of aliphatic hydroxyl groups is 1. The summed E-state index contributed by atoms with van der Waals surface area (Å²) in [5.41, 5.74) is 0. The summed E-state index contributed by atoms with van der Waals surface area (Å²) >= 11 is 0. The Hall–Kier alpha value is -0.620. The van der Waals surface area contributed by atoms with E-state index in [9.17, 15) is 14.1 Å². The summed E-state index contributed by atoms with van der Waals surface area (Å²) in [5, 5.41) is 14.8. The molecule has 1 fully saturated rings. The maximum Gasteiger partial charge on any atom is 0.315 e. The molecule has 0 heterocycles. The molecule has 106 valence electrons. The number of rotatable bonds is 5. The molecule has 0 bridgehead atoms. The zero-order valence-electron chi connectivity index (χ0n) is 11.1. The average Bonchev–Trinajstić information content (AvgIpc) is 2.36. The standard InChI is InChI=1S/C12H24N2O3S/c1-9(18(2)17)7-13-12(16)14-11-6-4-3-5-10(11)8-15/h9-11,15H,3-8H2,1-2H3,(H2,13,14,16). The van der Waals surface area contributed by atoms with Crippen LogP contribution in [-0.2, 0) is 10.8 Å². The SMILES string of the molecule is CC(CNC(=O)NC1CCCCC1CO)S(C)=O. The highest BCUT2D eigenvalue weighted by atomic mass is 32.2. The van der Waals surface area contributed by atoms with Crippen LogP contribution >= 0.6 is 0 Å². The fourth-order valence-electron chi connectivity index (χ4n) is 2.19. The van der Waals surface area contributed by atoms with E-state index in [4.69, 9.17) is 0 Å². The number of aliphatic hydroxyl groups excluding tert-OH is 1. The van der Waals surface area contributed by atoms with Crippen LogP contribution < -0.4 is 10.6 Å². The van der Waals surface area contributed by atoms with E-state index in [1.165, 1.54) is 0 Å². The van der Waals surface area contributed by atoms with Crippen molar-refractivity contribution in [2.75, 3.05) is 19.4 Å². The monoisotopic (exact) mass is 276 g/mol. The molecule has 2 amide bonds. The van der Waals surface area contributed by atoms with E-state index in [0.717, 1.165) is 25.7 Å².